The highest BCUT2D eigenvalue weighted by Crippen LogP contribution is 2.11. The molecule has 0 spiro atoms. The SMILES string of the molecule is O=C(CCCCCl)c1ccnc(Cl)c1. The number of rotatable bonds is 5. The molecule has 0 atom stereocenters. The van der Waals surface area contributed by atoms with Crippen LogP contribution in [0.25, 0.3) is 0 Å². The Balaban J connectivity index is 2.52. The summed E-state index contributed by atoms with van der Waals surface area (Å²) in [7, 11) is 0. The minimum Gasteiger partial charge on any atom is -0.294 e. The van der Waals surface area contributed by atoms with Crippen molar-refractivity contribution in [1.29, 1.82) is 0 Å². The first-order valence-corrected chi connectivity index (χ1v) is 5.36. The maximum atomic E-state index is 11.5. The van der Waals surface area contributed by atoms with Crippen LogP contribution in [0, 0.1) is 0 Å². The van der Waals surface area contributed by atoms with Gasteiger partial charge in [0.15, 0.2) is 5.78 Å². The number of hydrogen-bond acceptors (Lipinski definition) is 2. The van der Waals surface area contributed by atoms with Gasteiger partial charge in [-0.1, -0.05) is 11.6 Å². The van der Waals surface area contributed by atoms with Crippen LogP contribution in [0.2, 0.25) is 5.15 Å². The highest BCUT2D eigenvalue weighted by molar-refractivity contribution is 6.29. The van der Waals surface area contributed by atoms with Crippen LogP contribution in [0.15, 0.2) is 18.3 Å². The number of hydrogen-bond donors (Lipinski definition) is 0. The average molecular weight is 232 g/mol. The van der Waals surface area contributed by atoms with Crippen molar-refractivity contribution >= 4 is 29.0 Å². The second-order valence-corrected chi connectivity index (χ2v) is 3.70. The van der Waals surface area contributed by atoms with Gasteiger partial charge in [0.05, 0.1) is 0 Å². The monoisotopic (exact) mass is 231 g/mol. The van der Waals surface area contributed by atoms with Gasteiger partial charge in [-0.05, 0) is 25.0 Å². The Bertz CT molecular complexity index is 315. The molecule has 1 rings (SSSR count). The maximum absolute atomic E-state index is 11.5. The highest BCUT2D eigenvalue weighted by atomic mass is 35.5. The fourth-order valence-electron chi connectivity index (χ4n) is 1.10. The number of nitrogens with zero attached hydrogens (tertiary/aromatic N) is 1. The molecule has 4 heteroatoms. The maximum Gasteiger partial charge on any atom is 0.163 e. The van der Waals surface area contributed by atoms with E-state index in [-0.39, 0.29) is 5.78 Å². The minimum absolute atomic E-state index is 0.0967. The summed E-state index contributed by atoms with van der Waals surface area (Å²) >= 11 is 11.2. The van der Waals surface area contributed by atoms with E-state index in [0.29, 0.717) is 23.0 Å². The molecule has 0 saturated heterocycles. The zero-order valence-electron chi connectivity index (χ0n) is 7.67. The molecule has 14 heavy (non-hydrogen) atoms. The van der Waals surface area contributed by atoms with Gasteiger partial charge in [0.25, 0.3) is 0 Å². The molecule has 1 heterocycles. The summed E-state index contributed by atoms with van der Waals surface area (Å²) in [5.41, 5.74) is 0.625. The summed E-state index contributed by atoms with van der Waals surface area (Å²) in [4.78, 5) is 15.4. The normalized spacial score (nSPS) is 10.1. The van der Waals surface area contributed by atoms with Crippen molar-refractivity contribution in [3.05, 3.63) is 29.0 Å². The lowest BCUT2D eigenvalue weighted by molar-refractivity contribution is 0.0980. The van der Waals surface area contributed by atoms with E-state index < -0.39 is 0 Å². The summed E-state index contributed by atoms with van der Waals surface area (Å²) < 4.78 is 0. The van der Waals surface area contributed by atoms with Crippen molar-refractivity contribution in [2.75, 3.05) is 5.88 Å². The Morgan fingerprint density at radius 3 is 2.86 bits per heavy atom. The molecular formula is C10H11Cl2NO. The van der Waals surface area contributed by atoms with Crippen LogP contribution >= 0.6 is 23.2 Å². The van der Waals surface area contributed by atoms with Gasteiger partial charge in [0, 0.05) is 24.1 Å². The Morgan fingerprint density at radius 1 is 1.43 bits per heavy atom. The molecule has 0 aromatic carbocycles. The van der Waals surface area contributed by atoms with Crippen LogP contribution in [0.3, 0.4) is 0 Å². The average Bonchev–Trinajstić information content (AvgIpc) is 2.18. The van der Waals surface area contributed by atoms with Crippen LogP contribution in [0.5, 0.6) is 0 Å². The molecule has 0 unspecified atom stereocenters. The molecule has 0 N–H and O–H groups in total. The van der Waals surface area contributed by atoms with Gasteiger partial charge in [-0.3, -0.25) is 4.79 Å². The van der Waals surface area contributed by atoms with Crippen molar-refractivity contribution in [2.45, 2.75) is 19.3 Å². The Labute approximate surface area is 93.2 Å². The Morgan fingerprint density at radius 2 is 2.21 bits per heavy atom. The molecule has 0 saturated carbocycles. The van der Waals surface area contributed by atoms with Gasteiger partial charge in [-0.2, -0.15) is 0 Å². The minimum atomic E-state index is 0.0967. The van der Waals surface area contributed by atoms with Crippen molar-refractivity contribution in [3.8, 4) is 0 Å². The number of carbonyl (C=O) groups is 1. The van der Waals surface area contributed by atoms with Gasteiger partial charge < -0.3 is 0 Å². The van der Waals surface area contributed by atoms with Crippen molar-refractivity contribution in [1.82, 2.24) is 4.98 Å². The molecular weight excluding hydrogens is 221 g/mol. The molecule has 0 bridgehead atoms. The molecule has 0 aliphatic rings. The van der Waals surface area contributed by atoms with Crippen LogP contribution < -0.4 is 0 Å². The summed E-state index contributed by atoms with van der Waals surface area (Å²) in [6, 6.07) is 3.26. The number of halogens is 2. The second kappa shape index (κ2) is 5.99. The third-order valence-corrected chi connectivity index (χ3v) is 2.31. The van der Waals surface area contributed by atoms with E-state index in [0.717, 1.165) is 12.8 Å². The topological polar surface area (TPSA) is 30.0 Å². The quantitative estimate of drug-likeness (QED) is 0.337. The fraction of sp³-hybridized carbons (Fsp3) is 0.400. The third-order valence-electron chi connectivity index (χ3n) is 1.84. The van der Waals surface area contributed by atoms with Crippen LogP contribution in [0.1, 0.15) is 29.6 Å². The first-order chi connectivity index (χ1) is 6.74. The standard InChI is InChI=1S/C10H11Cl2NO/c11-5-2-1-3-9(14)8-4-6-13-10(12)7-8/h4,6-7H,1-3,5H2. The molecule has 0 fully saturated rings. The van der Waals surface area contributed by atoms with E-state index in [1.807, 2.05) is 0 Å². The Kier molecular flexibility index (Phi) is 4.91. The van der Waals surface area contributed by atoms with Crippen molar-refractivity contribution < 1.29 is 4.79 Å². The van der Waals surface area contributed by atoms with Gasteiger partial charge in [0.2, 0.25) is 0 Å². The largest absolute Gasteiger partial charge is 0.294 e. The smallest absolute Gasteiger partial charge is 0.163 e. The highest BCUT2D eigenvalue weighted by Gasteiger charge is 2.05. The number of carbonyl (C=O) groups excluding carboxylic acids is 1. The van der Waals surface area contributed by atoms with Crippen LogP contribution in [-0.2, 0) is 0 Å². The summed E-state index contributed by atoms with van der Waals surface area (Å²) in [6.45, 7) is 0. The molecule has 1 aromatic rings. The van der Waals surface area contributed by atoms with Crippen LogP contribution in [0.4, 0.5) is 0 Å². The number of pyridine rings is 1. The second-order valence-electron chi connectivity index (χ2n) is 2.94. The number of alkyl halides is 1. The molecule has 76 valence electrons. The van der Waals surface area contributed by atoms with E-state index in [1.54, 1.807) is 12.1 Å². The number of Topliss-reactive ketones (excluding diaryl/α,β-unsaturated/α-hetero) is 1. The molecule has 0 aliphatic heterocycles. The molecule has 1 aromatic heterocycles. The van der Waals surface area contributed by atoms with Crippen LogP contribution in [-0.4, -0.2) is 16.6 Å². The molecule has 0 aliphatic carbocycles. The van der Waals surface area contributed by atoms with Gasteiger partial charge in [-0.15, -0.1) is 11.6 Å². The summed E-state index contributed by atoms with van der Waals surface area (Å²) in [5.74, 6) is 0.698. The van der Waals surface area contributed by atoms with Crippen molar-refractivity contribution in [2.24, 2.45) is 0 Å². The lowest BCUT2D eigenvalue weighted by atomic mass is 10.1. The number of ketones is 1. The van der Waals surface area contributed by atoms with Gasteiger partial charge in [-0.25, -0.2) is 4.98 Å². The molecule has 0 radical (unpaired) electrons. The Hall–Kier alpha value is -0.600. The molecule has 2 nitrogen and oxygen atoms in total. The predicted octanol–water partition coefficient (Wildman–Crippen LogP) is 3.33. The zero-order chi connectivity index (χ0) is 10.4. The molecule has 0 amide bonds. The van der Waals surface area contributed by atoms with Crippen molar-refractivity contribution in [3.63, 3.8) is 0 Å². The third kappa shape index (κ3) is 3.64. The van der Waals surface area contributed by atoms with E-state index in [1.165, 1.54) is 6.20 Å². The van der Waals surface area contributed by atoms with E-state index in [9.17, 15) is 4.79 Å². The van der Waals surface area contributed by atoms with Gasteiger partial charge >= 0.3 is 0 Å². The van der Waals surface area contributed by atoms with E-state index >= 15 is 0 Å². The lowest BCUT2D eigenvalue weighted by Gasteiger charge is -1.99. The lowest BCUT2D eigenvalue weighted by Crippen LogP contribution is -1.99. The fourth-order valence-corrected chi connectivity index (χ4v) is 1.46. The summed E-state index contributed by atoms with van der Waals surface area (Å²) in [6.07, 6.45) is 3.75. The van der Waals surface area contributed by atoms with Gasteiger partial charge in [0.1, 0.15) is 5.15 Å². The number of unbranched alkanes of at least 4 members (excludes halogenated alkanes) is 1. The first kappa shape index (κ1) is 11.5. The predicted molar refractivity (Wildman–Crippen MR) is 58.1 cm³/mol. The number of aromatic nitrogens is 1. The van der Waals surface area contributed by atoms with E-state index in [2.05, 4.69) is 4.98 Å². The van der Waals surface area contributed by atoms with E-state index in [4.69, 9.17) is 23.2 Å². The zero-order valence-corrected chi connectivity index (χ0v) is 9.18. The summed E-state index contributed by atoms with van der Waals surface area (Å²) in [5, 5.41) is 0.355. The first-order valence-electron chi connectivity index (χ1n) is 4.45.